The van der Waals surface area contributed by atoms with Gasteiger partial charge in [0.25, 0.3) is 0 Å². The summed E-state index contributed by atoms with van der Waals surface area (Å²) < 4.78 is 0. The van der Waals surface area contributed by atoms with Crippen molar-refractivity contribution in [3.8, 4) is 0 Å². The highest BCUT2D eigenvalue weighted by molar-refractivity contribution is 5.64. The summed E-state index contributed by atoms with van der Waals surface area (Å²) in [6.07, 6.45) is 1.96. The van der Waals surface area contributed by atoms with Gasteiger partial charge in [0, 0.05) is 6.08 Å². The van der Waals surface area contributed by atoms with E-state index in [1.165, 1.54) is 6.08 Å². The maximum Gasteiger partial charge on any atom is 0.151 e. The molecule has 0 aromatic heterocycles. The average Bonchev–Trinajstić information content (AvgIpc) is 1.66. The molecular formula is C7H8O. The van der Waals surface area contributed by atoms with Crippen LogP contribution in [0.2, 0.25) is 0 Å². The van der Waals surface area contributed by atoms with E-state index in [1.54, 1.807) is 0 Å². The molecule has 0 aliphatic heterocycles. The zero-order valence-electron chi connectivity index (χ0n) is 5.06. The first-order valence-corrected chi connectivity index (χ1v) is 2.36. The fraction of sp³-hybridized carbons (Fsp3) is 0.286. The molecule has 0 saturated carbocycles. The lowest BCUT2D eigenvalue weighted by atomic mass is 10.4. The Labute approximate surface area is 49.0 Å². The maximum atomic E-state index is 9.62. The molecule has 0 aromatic rings. The molecule has 0 aliphatic rings. The molecule has 0 spiro atoms. The maximum absolute atomic E-state index is 9.62. The molecule has 0 heterocycles. The molecule has 0 bridgehead atoms. The van der Waals surface area contributed by atoms with Gasteiger partial charge in [-0.1, -0.05) is 11.5 Å². The lowest BCUT2D eigenvalue weighted by Crippen LogP contribution is -1.53. The summed E-state index contributed by atoms with van der Waals surface area (Å²) in [5.74, 6) is 0. The van der Waals surface area contributed by atoms with Crippen molar-refractivity contribution in [2.45, 2.75) is 13.8 Å². The molecule has 0 saturated heterocycles. The molecule has 0 radical (unpaired) electrons. The standard InChI is InChI=1S/C7H8O/c1-7(2)5-3-4-6-8/h4,6H,1-2H3. The molecule has 1 heteroatoms. The summed E-state index contributed by atoms with van der Waals surface area (Å²) in [5, 5.41) is 0. The van der Waals surface area contributed by atoms with Crippen molar-refractivity contribution in [3.05, 3.63) is 23.1 Å². The minimum absolute atomic E-state index is 0.677. The van der Waals surface area contributed by atoms with Crippen LogP contribution in [0.5, 0.6) is 0 Å². The predicted octanol–water partition coefficient (Wildman–Crippen LogP) is 1.46. The zero-order valence-corrected chi connectivity index (χ0v) is 5.06. The van der Waals surface area contributed by atoms with Crippen LogP contribution in [-0.2, 0) is 4.79 Å². The van der Waals surface area contributed by atoms with Crippen molar-refractivity contribution in [2.75, 3.05) is 0 Å². The van der Waals surface area contributed by atoms with Gasteiger partial charge in [0.15, 0.2) is 6.29 Å². The molecule has 42 valence electrons. The molecule has 1 nitrogen and oxygen atoms in total. The van der Waals surface area contributed by atoms with Crippen LogP contribution in [0.15, 0.2) is 23.1 Å². The number of aldehydes is 1. The number of allylic oxidation sites excluding steroid dienone is 2. The summed E-state index contributed by atoms with van der Waals surface area (Å²) in [6, 6.07) is 0. The minimum atomic E-state index is 0.677. The van der Waals surface area contributed by atoms with E-state index < -0.39 is 0 Å². The number of carbonyl (C=O) groups is 1. The average molecular weight is 108 g/mol. The Morgan fingerprint density at radius 2 is 2.12 bits per heavy atom. The van der Waals surface area contributed by atoms with Gasteiger partial charge in [-0.05, 0) is 19.4 Å². The quantitative estimate of drug-likeness (QED) is 0.282. The van der Waals surface area contributed by atoms with Gasteiger partial charge in [0.2, 0.25) is 0 Å². The summed E-state index contributed by atoms with van der Waals surface area (Å²) in [5.41, 5.74) is 6.30. The first-order valence-electron chi connectivity index (χ1n) is 2.36. The largest absolute Gasteiger partial charge is 0.298 e. The zero-order chi connectivity index (χ0) is 6.41. The van der Waals surface area contributed by atoms with Gasteiger partial charge in [-0.25, -0.2) is 0 Å². The predicted molar refractivity (Wildman–Crippen MR) is 32.5 cm³/mol. The second-order valence-corrected chi connectivity index (χ2v) is 1.57. The van der Waals surface area contributed by atoms with Gasteiger partial charge in [0.1, 0.15) is 0 Å². The van der Waals surface area contributed by atoms with Crippen molar-refractivity contribution < 1.29 is 4.79 Å². The number of hydrogen-bond donors (Lipinski definition) is 0. The highest BCUT2D eigenvalue weighted by atomic mass is 16.1. The third-order valence-electron chi connectivity index (χ3n) is 0.474. The van der Waals surface area contributed by atoms with E-state index in [0.29, 0.717) is 6.29 Å². The number of carbonyl (C=O) groups excluding carboxylic acids is 1. The van der Waals surface area contributed by atoms with Crippen LogP contribution in [0.3, 0.4) is 0 Å². The fourth-order valence-electron chi connectivity index (χ4n) is 0.220. The van der Waals surface area contributed by atoms with Gasteiger partial charge in [-0.15, -0.1) is 0 Å². The molecule has 0 N–H and O–H groups in total. The third kappa shape index (κ3) is 4.97. The monoisotopic (exact) mass is 108 g/mol. The SMILES string of the molecule is CC(C)=C=C=CC=O. The Morgan fingerprint density at radius 1 is 1.50 bits per heavy atom. The van der Waals surface area contributed by atoms with E-state index in [9.17, 15) is 4.79 Å². The minimum Gasteiger partial charge on any atom is -0.298 e. The first-order chi connectivity index (χ1) is 3.77. The summed E-state index contributed by atoms with van der Waals surface area (Å²) in [7, 11) is 0. The summed E-state index contributed by atoms with van der Waals surface area (Å²) >= 11 is 0. The highest BCUT2D eigenvalue weighted by Crippen LogP contribution is 1.79. The van der Waals surface area contributed by atoms with Crippen molar-refractivity contribution in [1.82, 2.24) is 0 Å². The molecule has 0 aromatic carbocycles. The molecule has 0 rings (SSSR count). The lowest BCUT2D eigenvalue weighted by Gasteiger charge is -1.68. The van der Waals surface area contributed by atoms with E-state index in [0.717, 1.165) is 5.57 Å². The Kier molecular flexibility index (Phi) is 3.60. The van der Waals surface area contributed by atoms with Crippen LogP contribution in [0.25, 0.3) is 0 Å². The number of rotatable bonds is 1. The summed E-state index contributed by atoms with van der Waals surface area (Å²) in [4.78, 5) is 9.62. The van der Waals surface area contributed by atoms with E-state index in [1.807, 2.05) is 13.8 Å². The lowest BCUT2D eigenvalue weighted by molar-refractivity contribution is -0.104. The van der Waals surface area contributed by atoms with Crippen LogP contribution in [-0.4, -0.2) is 6.29 Å². The fourth-order valence-corrected chi connectivity index (χ4v) is 0.220. The van der Waals surface area contributed by atoms with Crippen LogP contribution in [0, 0.1) is 0 Å². The molecule has 0 amide bonds. The van der Waals surface area contributed by atoms with Crippen LogP contribution >= 0.6 is 0 Å². The van der Waals surface area contributed by atoms with Crippen molar-refractivity contribution in [3.63, 3.8) is 0 Å². The molecule has 0 aliphatic carbocycles. The Hall–Kier alpha value is -1.03. The normalized spacial score (nSPS) is 6.25. The highest BCUT2D eigenvalue weighted by Gasteiger charge is 1.61. The molecule has 0 unspecified atom stereocenters. The Balaban J connectivity index is 4.21. The van der Waals surface area contributed by atoms with Crippen molar-refractivity contribution in [1.29, 1.82) is 0 Å². The molecular weight excluding hydrogens is 100 g/mol. The molecule has 8 heavy (non-hydrogen) atoms. The van der Waals surface area contributed by atoms with Gasteiger partial charge < -0.3 is 0 Å². The first kappa shape index (κ1) is 6.97. The van der Waals surface area contributed by atoms with Crippen LogP contribution in [0.4, 0.5) is 0 Å². The van der Waals surface area contributed by atoms with Crippen molar-refractivity contribution >= 4 is 6.29 Å². The van der Waals surface area contributed by atoms with E-state index in [4.69, 9.17) is 0 Å². The van der Waals surface area contributed by atoms with Crippen molar-refractivity contribution in [2.24, 2.45) is 0 Å². The van der Waals surface area contributed by atoms with E-state index >= 15 is 0 Å². The Morgan fingerprint density at radius 3 is 2.50 bits per heavy atom. The van der Waals surface area contributed by atoms with Crippen LogP contribution < -0.4 is 0 Å². The molecule has 0 fully saturated rings. The molecule has 0 atom stereocenters. The van der Waals surface area contributed by atoms with Gasteiger partial charge in [-0.3, -0.25) is 4.79 Å². The number of hydrogen-bond acceptors (Lipinski definition) is 1. The van der Waals surface area contributed by atoms with E-state index in [2.05, 4.69) is 11.5 Å². The van der Waals surface area contributed by atoms with Crippen LogP contribution in [0.1, 0.15) is 13.8 Å². The van der Waals surface area contributed by atoms with Gasteiger partial charge >= 0.3 is 0 Å². The third-order valence-corrected chi connectivity index (χ3v) is 0.474. The second-order valence-electron chi connectivity index (χ2n) is 1.57. The topological polar surface area (TPSA) is 17.1 Å². The Bertz CT molecular complexity index is 161. The van der Waals surface area contributed by atoms with E-state index in [-0.39, 0.29) is 0 Å². The van der Waals surface area contributed by atoms with Gasteiger partial charge in [0.05, 0.1) is 0 Å². The second kappa shape index (κ2) is 4.14. The summed E-state index contributed by atoms with van der Waals surface area (Å²) in [6.45, 7) is 3.79. The smallest absolute Gasteiger partial charge is 0.151 e. The van der Waals surface area contributed by atoms with Gasteiger partial charge in [-0.2, -0.15) is 0 Å².